The van der Waals surface area contributed by atoms with Crippen LogP contribution in [0.5, 0.6) is 0 Å². The maximum atomic E-state index is 12.8. The number of halogens is 1. The zero-order chi connectivity index (χ0) is 24.8. The molecule has 3 aromatic rings. The highest BCUT2D eigenvalue weighted by Gasteiger charge is 2.35. The quantitative estimate of drug-likeness (QED) is 0.432. The summed E-state index contributed by atoms with van der Waals surface area (Å²) in [6.07, 6.45) is 0.232. The number of carbonyl (C=O) groups excluding carboxylic acids is 2. The van der Waals surface area contributed by atoms with Gasteiger partial charge in [0.2, 0.25) is 0 Å². The topological polar surface area (TPSA) is 108 Å². The molecule has 0 spiro atoms. The monoisotopic (exact) mass is 484 g/mol. The summed E-state index contributed by atoms with van der Waals surface area (Å²) in [5.41, 5.74) is 2.45. The van der Waals surface area contributed by atoms with Gasteiger partial charge in [0.15, 0.2) is 12.2 Å². The molecule has 0 saturated carbocycles. The molecule has 1 aromatic heterocycles. The van der Waals surface area contributed by atoms with Crippen LogP contribution >= 0.6 is 11.6 Å². The minimum atomic E-state index is -1.92. The summed E-state index contributed by atoms with van der Waals surface area (Å²) in [4.78, 5) is 26.8. The van der Waals surface area contributed by atoms with Crippen molar-refractivity contribution in [2.45, 2.75) is 44.6 Å². The van der Waals surface area contributed by atoms with Crippen LogP contribution in [0.15, 0.2) is 67.0 Å². The second kappa shape index (κ2) is 11.3. The number of rotatable bonds is 9. The Bertz CT molecular complexity index is 1100. The number of aliphatic hydroxyl groups is 2. The van der Waals surface area contributed by atoms with Gasteiger partial charge in [0, 0.05) is 24.5 Å². The number of nitrogens with one attached hydrogen (secondary N) is 1. The summed E-state index contributed by atoms with van der Waals surface area (Å²) in [7, 11) is 1.52. The van der Waals surface area contributed by atoms with Crippen molar-refractivity contribution in [3.8, 4) is 5.69 Å². The van der Waals surface area contributed by atoms with E-state index < -0.39 is 30.1 Å². The first-order valence-electron chi connectivity index (χ1n) is 11.0. The van der Waals surface area contributed by atoms with E-state index >= 15 is 0 Å². The minimum Gasteiger partial charge on any atom is -0.380 e. The first-order chi connectivity index (χ1) is 16.2. The van der Waals surface area contributed by atoms with E-state index in [1.807, 2.05) is 49.5 Å². The zero-order valence-corrected chi connectivity index (χ0v) is 20.1. The molecule has 2 amide bonds. The van der Waals surface area contributed by atoms with E-state index in [4.69, 9.17) is 11.6 Å². The van der Waals surface area contributed by atoms with Crippen LogP contribution in [0, 0.1) is 0 Å². The first-order valence-corrected chi connectivity index (χ1v) is 11.4. The zero-order valence-electron chi connectivity index (χ0n) is 19.3. The number of nitrogens with zero attached hydrogens (tertiary/aromatic N) is 3. The van der Waals surface area contributed by atoms with Gasteiger partial charge in [0.1, 0.15) is 0 Å². The molecule has 9 heteroatoms. The molecule has 0 radical (unpaired) electrons. The van der Waals surface area contributed by atoms with Gasteiger partial charge in [-0.05, 0) is 54.8 Å². The number of benzene rings is 2. The highest BCUT2D eigenvalue weighted by molar-refractivity contribution is 6.30. The third kappa shape index (κ3) is 5.83. The normalized spacial score (nSPS) is 14.6. The first kappa shape index (κ1) is 25.4. The number of aromatic nitrogens is 2. The van der Waals surface area contributed by atoms with E-state index in [0.717, 1.165) is 16.8 Å². The third-order valence-corrected chi connectivity index (χ3v) is 6.01. The van der Waals surface area contributed by atoms with Crippen LogP contribution in [0.25, 0.3) is 5.69 Å². The van der Waals surface area contributed by atoms with Gasteiger partial charge in [0.25, 0.3) is 11.8 Å². The lowest BCUT2D eigenvalue weighted by Gasteiger charge is -2.31. The molecule has 8 nitrogen and oxygen atoms in total. The molecule has 2 aromatic carbocycles. The van der Waals surface area contributed by atoms with Gasteiger partial charge in [-0.15, -0.1) is 0 Å². The fraction of sp³-hybridized carbons (Fsp3) is 0.320. The molecule has 0 aliphatic rings. The largest absolute Gasteiger partial charge is 0.380 e. The fourth-order valence-corrected chi connectivity index (χ4v) is 4.01. The Kier molecular flexibility index (Phi) is 8.44. The Morgan fingerprint density at radius 3 is 2.38 bits per heavy atom. The van der Waals surface area contributed by atoms with Crippen molar-refractivity contribution in [2.75, 3.05) is 7.05 Å². The number of amides is 2. The van der Waals surface area contributed by atoms with Crippen molar-refractivity contribution in [1.82, 2.24) is 20.0 Å². The van der Waals surface area contributed by atoms with Gasteiger partial charge in [-0.1, -0.05) is 42.8 Å². The molecule has 3 N–H and O–H groups in total. The van der Waals surface area contributed by atoms with Crippen LogP contribution in [0.2, 0.25) is 5.02 Å². The van der Waals surface area contributed by atoms with E-state index in [0.29, 0.717) is 11.4 Å². The molecule has 1 unspecified atom stereocenters. The summed E-state index contributed by atoms with van der Waals surface area (Å²) >= 11 is 6.07. The van der Waals surface area contributed by atoms with E-state index in [9.17, 15) is 19.8 Å². The number of likely N-dealkylation sites (N-methyl/N-ethyl adjacent to an activating group) is 1. The van der Waals surface area contributed by atoms with Crippen LogP contribution in [-0.2, 0) is 9.59 Å². The van der Waals surface area contributed by atoms with Gasteiger partial charge in [-0.3, -0.25) is 9.59 Å². The fourth-order valence-electron chi connectivity index (χ4n) is 3.81. The van der Waals surface area contributed by atoms with Crippen LogP contribution in [0.3, 0.4) is 0 Å². The van der Waals surface area contributed by atoms with Crippen molar-refractivity contribution in [3.63, 3.8) is 0 Å². The van der Waals surface area contributed by atoms with Crippen LogP contribution < -0.4 is 5.32 Å². The number of hydrogen-bond donors (Lipinski definition) is 3. The molecule has 3 rings (SSSR count). The van der Waals surface area contributed by atoms with Crippen molar-refractivity contribution >= 4 is 23.4 Å². The second-order valence-corrected chi connectivity index (χ2v) is 8.53. The minimum absolute atomic E-state index is 0.372. The van der Waals surface area contributed by atoms with Crippen LogP contribution in [0.1, 0.15) is 43.5 Å². The number of aliphatic hydroxyl groups excluding tert-OH is 2. The molecular weight excluding hydrogens is 456 g/mol. The Morgan fingerprint density at radius 2 is 1.79 bits per heavy atom. The molecule has 180 valence electrons. The lowest BCUT2D eigenvalue weighted by Crippen LogP contribution is -2.50. The third-order valence-electron chi connectivity index (χ3n) is 5.78. The Morgan fingerprint density at radius 1 is 1.09 bits per heavy atom. The molecule has 1 heterocycles. The molecular formula is C25H29ClN4O4. The SMILES string of the molecule is CCC(c1cccc(Cl)c1)N(C)C(=O)[C@H](O)[C@@H](O)C(=O)N[C@H](C)c1ccc(-n2cccn2)cc1. The lowest BCUT2D eigenvalue weighted by molar-refractivity contribution is -0.154. The number of hydrogen-bond acceptors (Lipinski definition) is 5. The summed E-state index contributed by atoms with van der Waals surface area (Å²) in [5, 5.41) is 28.2. The molecule has 0 bridgehead atoms. The Balaban J connectivity index is 1.62. The van der Waals surface area contributed by atoms with Gasteiger partial charge in [0.05, 0.1) is 17.8 Å². The predicted octanol–water partition coefficient (Wildman–Crippen LogP) is 3.03. The van der Waals surface area contributed by atoms with Crippen molar-refractivity contribution in [1.29, 1.82) is 0 Å². The van der Waals surface area contributed by atoms with Crippen molar-refractivity contribution in [2.24, 2.45) is 0 Å². The summed E-state index contributed by atoms with van der Waals surface area (Å²) in [6.45, 7) is 3.64. The maximum absolute atomic E-state index is 12.8. The molecule has 0 fully saturated rings. The standard InChI is InChI=1S/C25H29ClN4O4/c1-4-21(18-7-5-8-19(26)15-18)29(3)25(34)23(32)22(31)24(33)28-16(2)17-9-11-20(12-10-17)30-14-6-13-27-30/h5-16,21-23,31-32H,4H2,1-3H3,(H,28,33)/t16-,21?,22-,23-/m1/s1. The summed E-state index contributed by atoms with van der Waals surface area (Å²) in [5.74, 6) is -1.60. The van der Waals surface area contributed by atoms with Crippen LogP contribution in [-0.4, -0.2) is 56.0 Å². The number of carbonyl (C=O) groups is 2. The van der Waals surface area contributed by atoms with Crippen LogP contribution in [0.4, 0.5) is 0 Å². The highest BCUT2D eigenvalue weighted by atomic mass is 35.5. The molecule has 0 aliphatic carbocycles. The van der Waals surface area contributed by atoms with E-state index in [1.165, 1.54) is 11.9 Å². The molecule has 34 heavy (non-hydrogen) atoms. The molecule has 0 saturated heterocycles. The molecule has 4 atom stereocenters. The Labute approximate surface area is 203 Å². The maximum Gasteiger partial charge on any atom is 0.254 e. The Hall–Kier alpha value is -3.20. The highest BCUT2D eigenvalue weighted by Crippen LogP contribution is 2.26. The van der Waals surface area contributed by atoms with Gasteiger partial charge < -0.3 is 20.4 Å². The second-order valence-electron chi connectivity index (χ2n) is 8.09. The van der Waals surface area contributed by atoms with E-state index in [-0.39, 0.29) is 6.04 Å². The van der Waals surface area contributed by atoms with Gasteiger partial charge >= 0.3 is 0 Å². The summed E-state index contributed by atoms with van der Waals surface area (Å²) < 4.78 is 1.71. The molecule has 0 aliphatic heterocycles. The van der Waals surface area contributed by atoms with Crippen molar-refractivity contribution < 1.29 is 19.8 Å². The van der Waals surface area contributed by atoms with E-state index in [2.05, 4.69) is 10.4 Å². The average molecular weight is 485 g/mol. The predicted molar refractivity (Wildman–Crippen MR) is 129 cm³/mol. The summed E-state index contributed by atoms with van der Waals surface area (Å²) in [6, 6.07) is 15.5. The van der Waals surface area contributed by atoms with Crippen molar-refractivity contribution in [3.05, 3.63) is 83.1 Å². The average Bonchev–Trinajstić information content (AvgIpc) is 3.38. The van der Waals surface area contributed by atoms with E-state index in [1.54, 1.807) is 36.0 Å². The van der Waals surface area contributed by atoms with Gasteiger partial charge in [-0.2, -0.15) is 5.10 Å². The lowest BCUT2D eigenvalue weighted by atomic mass is 10.0. The smallest absolute Gasteiger partial charge is 0.254 e. The van der Waals surface area contributed by atoms with Gasteiger partial charge in [-0.25, -0.2) is 4.68 Å².